The lowest BCUT2D eigenvalue weighted by atomic mass is 10.0. The second-order valence-corrected chi connectivity index (χ2v) is 5.96. The Morgan fingerprint density at radius 3 is 2.87 bits per heavy atom. The van der Waals surface area contributed by atoms with Crippen molar-refractivity contribution in [1.29, 1.82) is 0 Å². The van der Waals surface area contributed by atoms with Crippen molar-refractivity contribution in [3.63, 3.8) is 0 Å². The quantitative estimate of drug-likeness (QED) is 0.805. The number of carbonyl (C=O) groups excluding carboxylic acids is 1. The van der Waals surface area contributed by atoms with E-state index in [1.54, 1.807) is 6.92 Å². The lowest BCUT2D eigenvalue weighted by Crippen LogP contribution is -2.31. The van der Waals surface area contributed by atoms with Crippen molar-refractivity contribution in [2.45, 2.75) is 26.4 Å². The molecule has 0 unspecified atom stereocenters. The third kappa shape index (κ3) is 3.54. The van der Waals surface area contributed by atoms with Gasteiger partial charge in [0.25, 0.3) is 0 Å². The molecule has 23 heavy (non-hydrogen) atoms. The minimum atomic E-state index is -0.403. The van der Waals surface area contributed by atoms with Crippen LogP contribution >= 0.6 is 11.6 Å². The number of ether oxygens (including phenoxy) is 1. The number of rotatable bonds is 4. The number of halogens is 1. The molecule has 0 spiro atoms. The van der Waals surface area contributed by atoms with E-state index in [2.05, 4.69) is 22.0 Å². The van der Waals surface area contributed by atoms with E-state index in [0.717, 1.165) is 37.3 Å². The van der Waals surface area contributed by atoms with Crippen LogP contribution in [-0.2, 0) is 24.2 Å². The first-order valence-electron chi connectivity index (χ1n) is 7.78. The van der Waals surface area contributed by atoms with E-state index in [1.165, 1.54) is 11.8 Å². The van der Waals surface area contributed by atoms with E-state index >= 15 is 0 Å². The Morgan fingerprint density at radius 2 is 2.13 bits per heavy atom. The Morgan fingerprint density at radius 1 is 1.35 bits per heavy atom. The number of hydrogen-bond acceptors (Lipinski definition) is 4. The van der Waals surface area contributed by atoms with Crippen LogP contribution in [0.2, 0.25) is 5.02 Å². The predicted molar refractivity (Wildman–Crippen MR) is 89.5 cm³/mol. The van der Waals surface area contributed by atoms with Crippen molar-refractivity contribution in [1.82, 2.24) is 9.88 Å². The van der Waals surface area contributed by atoms with Crippen molar-refractivity contribution < 1.29 is 9.53 Å². The zero-order valence-corrected chi connectivity index (χ0v) is 13.8. The molecule has 0 atom stereocenters. The number of pyridine rings is 1. The molecule has 1 aromatic carbocycles. The molecule has 0 N–H and O–H groups in total. The second-order valence-electron chi connectivity index (χ2n) is 5.58. The van der Waals surface area contributed by atoms with E-state index < -0.39 is 5.97 Å². The molecule has 0 saturated carbocycles. The normalized spacial score (nSPS) is 14.3. The topological polar surface area (TPSA) is 42.4 Å². The zero-order chi connectivity index (χ0) is 16.2. The molecule has 0 saturated heterocycles. The summed E-state index contributed by atoms with van der Waals surface area (Å²) in [5.41, 5.74) is 3.57. The van der Waals surface area contributed by atoms with Gasteiger partial charge in [0.2, 0.25) is 0 Å². The summed E-state index contributed by atoms with van der Waals surface area (Å²) in [6.45, 7) is 4.64. The third-order valence-corrected chi connectivity index (χ3v) is 4.43. The van der Waals surface area contributed by atoms with Crippen LogP contribution in [0.4, 0.5) is 0 Å². The number of esters is 1. The molecule has 2 aromatic rings. The molecule has 0 aliphatic carbocycles. The SMILES string of the molecule is CCOC(=O)c1cnc2c(c1Cl)CCN(Cc1ccccc1)C2. The molecule has 1 aliphatic rings. The van der Waals surface area contributed by atoms with Crippen LogP contribution in [0.3, 0.4) is 0 Å². The summed E-state index contributed by atoms with van der Waals surface area (Å²) in [6.07, 6.45) is 2.33. The number of hydrogen-bond donors (Lipinski definition) is 0. The van der Waals surface area contributed by atoms with Crippen LogP contribution in [0, 0.1) is 0 Å². The van der Waals surface area contributed by atoms with Gasteiger partial charge in [-0.3, -0.25) is 9.88 Å². The lowest BCUT2D eigenvalue weighted by molar-refractivity contribution is 0.0525. The van der Waals surface area contributed by atoms with Crippen molar-refractivity contribution in [2.24, 2.45) is 0 Å². The van der Waals surface area contributed by atoms with E-state index in [4.69, 9.17) is 16.3 Å². The van der Waals surface area contributed by atoms with Crippen molar-refractivity contribution in [3.8, 4) is 0 Å². The minimum Gasteiger partial charge on any atom is -0.462 e. The smallest absolute Gasteiger partial charge is 0.341 e. The van der Waals surface area contributed by atoms with Gasteiger partial charge in [-0.1, -0.05) is 41.9 Å². The summed E-state index contributed by atoms with van der Waals surface area (Å²) in [7, 11) is 0. The molecule has 120 valence electrons. The van der Waals surface area contributed by atoms with Crippen molar-refractivity contribution in [2.75, 3.05) is 13.2 Å². The maximum atomic E-state index is 11.9. The van der Waals surface area contributed by atoms with Crippen molar-refractivity contribution >= 4 is 17.6 Å². The highest BCUT2D eigenvalue weighted by atomic mass is 35.5. The number of fused-ring (bicyclic) bond motifs is 1. The van der Waals surface area contributed by atoms with Gasteiger partial charge in [-0.15, -0.1) is 0 Å². The largest absolute Gasteiger partial charge is 0.462 e. The Kier molecular flexibility index (Phi) is 4.94. The highest BCUT2D eigenvalue weighted by molar-refractivity contribution is 6.34. The van der Waals surface area contributed by atoms with Gasteiger partial charge >= 0.3 is 5.97 Å². The maximum Gasteiger partial charge on any atom is 0.341 e. The molecular weight excluding hydrogens is 312 g/mol. The summed E-state index contributed by atoms with van der Waals surface area (Å²) >= 11 is 6.41. The summed E-state index contributed by atoms with van der Waals surface area (Å²) in [6, 6.07) is 10.4. The summed E-state index contributed by atoms with van der Waals surface area (Å²) in [5.74, 6) is -0.403. The van der Waals surface area contributed by atoms with Gasteiger partial charge in [0.1, 0.15) is 0 Å². The highest BCUT2D eigenvalue weighted by Gasteiger charge is 2.24. The Bertz CT molecular complexity index is 704. The number of nitrogens with zero attached hydrogens (tertiary/aromatic N) is 2. The van der Waals surface area contributed by atoms with Gasteiger partial charge in [0, 0.05) is 25.8 Å². The van der Waals surface area contributed by atoms with Crippen LogP contribution in [0.15, 0.2) is 36.5 Å². The van der Waals surface area contributed by atoms with Gasteiger partial charge in [-0.05, 0) is 24.5 Å². The molecule has 0 amide bonds. The fourth-order valence-electron chi connectivity index (χ4n) is 2.85. The fourth-order valence-corrected chi connectivity index (χ4v) is 3.17. The predicted octanol–water partition coefficient (Wildman–Crippen LogP) is 3.47. The van der Waals surface area contributed by atoms with Crippen LogP contribution < -0.4 is 0 Å². The van der Waals surface area contributed by atoms with Crippen LogP contribution in [0.1, 0.15) is 34.1 Å². The van der Waals surface area contributed by atoms with Gasteiger partial charge in [0.15, 0.2) is 0 Å². The first kappa shape index (κ1) is 16.0. The Labute approximate surface area is 141 Å². The van der Waals surface area contributed by atoms with Crippen molar-refractivity contribution in [3.05, 3.63) is 63.9 Å². The first-order valence-corrected chi connectivity index (χ1v) is 8.16. The van der Waals surface area contributed by atoms with E-state index in [1.807, 2.05) is 18.2 Å². The van der Waals surface area contributed by atoms with Gasteiger partial charge in [-0.25, -0.2) is 4.79 Å². The number of aromatic nitrogens is 1. The second kappa shape index (κ2) is 7.11. The van der Waals surface area contributed by atoms with Gasteiger partial charge in [-0.2, -0.15) is 0 Å². The van der Waals surface area contributed by atoms with E-state index in [9.17, 15) is 4.79 Å². The maximum absolute atomic E-state index is 11.9. The van der Waals surface area contributed by atoms with E-state index in [-0.39, 0.29) is 0 Å². The van der Waals surface area contributed by atoms with Crippen LogP contribution in [0.5, 0.6) is 0 Å². The summed E-state index contributed by atoms with van der Waals surface area (Å²) < 4.78 is 5.03. The molecule has 4 nitrogen and oxygen atoms in total. The Balaban J connectivity index is 1.77. The third-order valence-electron chi connectivity index (χ3n) is 4.00. The van der Waals surface area contributed by atoms with E-state index in [0.29, 0.717) is 17.2 Å². The molecular formula is C18H19ClN2O2. The summed E-state index contributed by atoms with van der Waals surface area (Å²) in [4.78, 5) is 18.7. The Hall–Kier alpha value is -1.91. The molecule has 3 rings (SSSR count). The summed E-state index contributed by atoms with van der Waals surface area (Å²) in [5, 5.41) is 0.493. The zero-order valence-electron chi connectivity index (χ0n) is 13.1. The molecule has 2 heterocycles. The average molecular weight is 331 g/mol. The number of benzene rings is 1. The molecule has 0 fully saturated rings. The molecule has 1 aromatic heterocycles. The molecule has 1 aliphatic heterocycles. The monoisotopic (exact) mass is 330 g/mol. The van der Waals surface area contributed by atoms with Crippen LogP contribution in [0.25, 0.3) is 0 Å². The molecule has 0 radical (unpaired) electrons. The van der Waals surface area contributed by atoms with Crippen LogP contribution in [-0.4, -0.2) is 29.0 Å². The highest BCUT2D eigenvalue weighted by Crippen LogP contribution is 2.28. The minimum absolute atomic E-state index is 0.330. The fraction of sp³-hybridized carbons (Fsp3) is 0.333. The first-order chi connectivity index (χ1) is 11.2. The molecule has 0 bridgehead atoms. The van der Waals surface area contributed by atoms with Gasteiger partial charge in [0.05, 0.1) is 22.9 Å². The standard InChI is InChI=1S/C18H19ClN2O2/c1-2-23-18(22)15-10-20-16-12-21(9-8-14(16)17(15)19)11-13-6-4-3-5-7-13/h3-7,10H,2,8-9,11-12H2,1H3. The van der Waals surface area contributed by atoms with Gasteiger partial charge < -0.3 is 4.74 Å². The lowest BCUT2D eigenvalue weighted by Gasteiger charge is -2.28. The average Bonchev–Trinajstić information content (AvgIpc) is 2.56. The molecule has 5 heteroatoms. The number of carbonyl (C=O) groups is 1.